The van der Waals surface area contributed by atoms with Gasteiger partial charge in [-0.2, -0.15) is 4.98 Å². The number of aromatic nitrogens is 3. The molecular formula is C17H22N4O2. The maximum Gasteiger partial charge on any atom is 0.256 e. The molecule has 2 aliphatic rings. The van der Waals surface area contributed by atoms with E-state index in [1.165, 1.54) is 0 Å². The van der Waals surface area contributed by atoms with Gasteiger partial charge in [0, 0.05) is 24.4 Å². The molecule has 6 nitrogen and oxygen atoms in total. The maximum atomic E-state index is 13.0. The fourth-order valence-electron chi connectivity index (χ4n) is 3.37. The molecule has 2 aromatic heterocycles. The lowest BCUT2D eigenvalue weighted by atomic mass is 10.00. The number of hydrogen-bond acceptors (Lipinski definition) is 4. The van der Waals surface area contributed by atoms with E-state index in [4.69, 9.17) is 4.52 Å². The number of hydrogen-bond donors (Lipinski definition) is 1. The predicted molar refractivity (Wildman–Crippen MR) is 84.1 cm³/mol. The van der Waals surface area contributed by atoms with Crippen LogP contribution in [0.3, 0.4) is 0 Å². The Balaban J connectivity index is 1.60. The molecule has 0 spiro atoms. The van der Waals surface area contributed by atoms with Crippen molar-refractivity contribution in [2.75, 3.05) is 6.54 Å². The van der Waals surface area contributed by atoms with Gasteiger partial charge in [-0.05, 0) is 44.6 Å². The molecule has 122 valence electrons. The number of aryl methyl sites for hydroxylation is 1. The van der Waals surface area contributed by atoms with Crippen LogP contribution in [0.5, 0.6) is 0 Å². The Bertz CT molecular complexity index is 701. The summed E-state index contributed by atoms with van der Waals surface area (Å²) in [4.78, 5) is 22.7. The van der Waals surface area contributed by atoms with Crippen molar-refractivity contribution in [2.45, 2.75) is 57.4 Å². The van der Waals surface area contributed by atoms with Gasteiger partial charge < -0.3 is 14.4 Å². The van der Waals surface area contributed by atoms with Gasteiger partial charge in [-0.15, -0.1) is 0 Å². The molecule has 3 heterocycles. The lowest BCUT2D eigenvalue weighted by molar-refractivity contribution is 0.0596. The molecule has 2 fully saturated rings. The molecule has 1 aliphatic heterocycles. The summed E-state index contributed by atoms with van der Waals surface area (Å²) in [6.07, 6.45) is 7.96. The van der Waals surface area contributed by atoms with Crippen LogP contribution in [0.4, 0.5) is 0 Å². The van der Waals surface area contributed by atoms with Crippen LogP contribution in [0, 0.1) is 0 Å². The molecule has 1 saturated carbocycles. The van der Waals surface area contributed by atoms with Gasteiger partial charge in [0.25, 0.3) is 5.91 Å². The summed E-state index contributed by atoms with van der Waals surface area (Å²) in [5.41, 5.74) is 1.76. The maximum absolute atomic E-state index is 13.0. The van der Waals surface area contributed by atoms with Crippen LogP contribution in [0.15, 0.2) is 16.8 Å². The van der Waals surface area contributed by atoms with Gasteiger partial charge in [-0.1, -0.05) is 12.1 Å². The zero-order chi connectivity index (χ0) is 15.8. The molecule has 1 aliphatic carbocycles. The molecule has 0 radical (unpaired) electrons. The summed E-state index contributed by atoms with van der Waals surface area (Å²) >= 11 is 0. The minimum atomic E-state index is -0.0629. The first-order valence-corrected chi connectivity index (χ1v) is 8.58. The number of likely N-dealkylation sites (tertiary alicyclic amines) is 1. The van der Waals surface area contributed by atoms with Gasteiger partial charge in [-0.3, -0.25) is 4.79 Å². The quantitative estimate of drug-likeness (QED) is 0.940. The molecular weight excluding hydrogens is 292 g/mol. The molecule has 2 aromatic rings. The Labute approximate surface area is 135 Å². The molecule has 1 N–H and O–H groups in total. The average molecular weight is 314 g/mol. The highest BCUT2D eigenvalue weighted by atomic mass is 16.5. The smallest absolute Gasteiger partial charge is 0.256 e. The van der Waals surface area contributed by atoms with E-state index in [9.17, 15) is 4.79 Å². The topological polar surface area (TPSA) is 75.0 Å². The zero-order valence-electron chi connectivity index (χ0n) is 13.4. The molecule has 23 heavy (non-hydrogen) atoms. The van der Waals surface area contributed by atoms with Crippen molar-refractivity contribution in [3.63, 3.8) is 0 Å². The molecule has 1 atom stereocenters. The number of nitrogens with zero attached hydrogens (tertiary/aromatic N) is 3. The van der Waals surface area contributed by atoms with E-state index < -0.39 is 0 Å². The summed E-state index contributed by atoms with van der Waals surface area (Å²) < 4.78 is 5.40. The van der Waals surface area contributed by atoms with Gasteiger partial charge in [0.05, 0.1) is 11.6 Å². The summed E-state index contributed by atoms with van der Waals surface area (Å²) in [5, 5.41) is 4.17. The molecule has 1 saturated heterocycles. The summed E-state index contributed by atoms with van der Waals surface area (Å²) in [5.74, 6) is 1.94. The Hall–Kier alpha value is -2.11. The molecule has 0 aromatic carbocycles. The normalized spacial score (nSPS) is 21.6. The van der Waals surface area contributed by atoms with Crippen molar-refractivity contribution < 1.29 is 9.32 Å². The Morgan fingerprint density at radius 3 is 3.04 bits per heavy atom. The molecule has 6 heteroatoms. The lowest BCUT2D eigenvalue weighted by Gasteiger charge is -2.33. The third kappa shape index (κ3) is 2.66. The van der Waals surface area contributed by atoms with Gasteiger partial charge in [0.15, 0.2) is 5.82 Å². The van der Waals surface area contributed by atoms with Crippen LogP contribution in [0.1, 0.15) is 78.8 Å². The minimum absolute atomic E-state index is 0.0629. The minimum Gasteiger partial charge on any atom is -0.364 e. The zero-order valence-corrected chi connectivity index (χ0v) is 13.4. The molecule has 4 rings (SSSR count). The van der Waals surface area contributed by atoms with Gasteiger partial charge >= 0.3 is 0 Å². The van der Waals surface area contributed by atoms with Gasteiger partial charge in [0.2, 0.25) is 5.89 Å². The Morgan fingerprint density at radius 2 is 2.26 bits per heavy atom. The number of carbonyl (C=O) groups excluding carboxylic acids is 1. The van der Waals surface area contributed by atoms with Gasteiger partial charge in [0.1, 0.15) is 0 Å². The van der Waals surface area contributed by atoms with E-state index >= 15 is 0 Å². The third-order valence-corrected chi connectivity index (χ3v) is 4.86. The number of rotatable bonds is 4. The van der Waals surface area contributed by atoms with E-state index in [2.05, 4.69) is 22.0 Å². The Kier molecular flexibility index (Phi) is 3.67. The fraction of sp³-hybridized carbons (Fsp3) is 0.588. The molecule has 1 amide bonds. The van der Waals surface area contributed by atoms with Crippen molar-refractivity contribution in [1.82, 2.24) is 20.0 Å². The van der Waals surface area contributed by atoms with Crippen LogP contribution >= 0.6 is 0 Å². The summed E-state index contributed by atoms with van der Waals surface area (Å²) in [6, 6.07) is 1.81. The number of carbonyl (C=O) groups is 1. The van der Waals surface area contributed by atoms with Crippen molar-refractivity contribution in [2.24, 2.45) is 0 Å². The van der Waals surface area contributed by atoms with Crippen molar-refractivity contribution in [3.8, 4) is 0 Å². The van der Waals surface area contributed by atoms with E-state index in [1.807, 2.05) is 17.2 Å². The van der Waals surface area contributed by atoms with Crippen molar-refractivity contribution in [1.29, 1.82) is 0 Å². The summed E-state index contributed by atoms with van der Waals surface area (Å²) in [6.45, 7) is 2.81. The fourth-order valence-corrected chi connectivity index (χ4v) is 3.37. The first-order valence-electron chi connectivity index (χ1n) is 8.58. The van der Waals surface area contributed by atoms with Crippen LogP contribution < -0.4 is 0 Å². The van der Waals surface area contributed by atoms with E-state index in [-0.39, 0.29) is 11.9 Å². The second kappa shape index (κ2) is 5.83. The second-order valence-electron chi connectivity index (χ2n) is 6.50. The van der Waals surface area contributed by atoms with Crippen LogP contribution in [0.25, 0.3) is 0 Å². The highest BCUT2D eigenvalue weighted by Gasteiger charge is 2.35. The first kappa shape index (κ1) is 14.5. The van der Waals surface area contributed by atoms with Crippen molar-refractivity contribution >= 4 is 5.91 Å². The number of piperidine rings is 1. The average Bonchev–Trinajstić information content (AvgIpc) is 3.14. The number of H-pyrrole nitrogens is 1. The number of amides is 1. The third-order valence-electron chi connectivity index (χ3n) is 4.86. The number of nitrogens with one attached hydrogen (secondary N) is 1. The highest BCUT2D eigenvalue weighted by molar-refractivity contribution is 5.95. The summed E-state index contributed by atoms with van der Waals surface area (Å²) in [7, 11) is 0. The van der Waals surface area contributed by atoms with Crippen LogP contribution in [-0.2, 0) is 6.42 Å². The van der Waals surface area contributed by atoms with Crippen LogP contribution in [-0.4, -0.2) is 32.5 Å². The van der Waals surface area contributed by atoms with E-state index in [1.54, 1.807) is 0 Å². The second-order valence-corrected chi connectivity index (χ2v) is 6.50. The van der Waals surface area contributed by atoms with Crippen LogP contribution in [0.2, 0.25) is 0 Å². The largest absolute Gasteiger partial charge is 0.364 e. The SMILES string of the molecule is CCc1[nH]ccc1C(=O)N1CCCCC1c1noc(C2CC2)n1. The highest BCUT2D eigenvalue weighted by Crippen LogP contribution is 2.40. The predicted octanol–water partition coefficient (Wildman–Crippen LogP) is 3.20. The molecule has 1 unspecified atom stereocenters. The molecule has 0 bridgehead atoms. The lowest BCUT2D eigenvalue weighted by Crippen LogP contribution is -2.39. The first-order chi connectivity index (χ1) is 11.3. The monoisotopic (exact) mass is 314 g/mol. The standard InChI is InChI=1S/C17H22N4O2/c1-2-13-12(8-9-18-13)17(22)21-10-4-3-5-14(21)15-19-16(23-20-15)11-6-7-11/h8-9,11,14,18H,2-7,10H2,1H3. The Morgan fingerprint density at radius 1 is 1.39 bits per heavy atom. The van der Waals surface area contributed by atoms with E-state index in [0.717, 1.165) is 62.2 Å². The van der Waals surface area contributed by atoms with E-state index in [0.29, 0.717) is 11.7 Å². The van der Waals surface area contributed by atoms with Crippen molar-refractivity contribution in [3.05, 3.63) is 35.2 Å². The van der Waals surface area contributed by atoms with Gasteiger partial charge in [-0.25, -0.2) is 0 Å². The number of aromatic amines is 1.